The maximum atomic E-state index is 12.4. The molecule has 1 unspecified atom stereocenters. The number of carbonyl (C=O) groups is 2. The molecule has 1 saturated heterocycles. The summed E-state index contributed by atoms with van der Waals surface area (Å²) in [5.74, 6) is 0.463. The number of nitrogens with zero attached hydrogens (tertiary/aromatic N) is 2. The Kier molecular flexibility index (Phi) is 6.97. The molecule has 0 radical (unpaired) electrons. The molecule has 31 heavy (non-hydrogen) atoms. The Morgan fingerprint density at radius 3 is 2.35 bits per heavy atom. The van der Waals surface area contributed by atoms with Crippen molar-refractivity contribution in [2.45, 2.75) is 18.2 Å². The predicted molar refractivity (Wildman–Crippen MR) is 118 cm³/mol. The quantitative estimate of drug-likeness (QED) is 0.672. The molecular weight excluding hydrogens is 418 g/mol. The first kappa shape index (κ1) is 22.8. The Morgan fingerprint density at radius 2 is 1.77 bits per heavy atom. The molecule has 2 aromatic rings. The summed E-state index contributed by atoms with van der Waals surface area (Å²) < 4.78 is 30.8. The van der Waals surface area contributed by atoms with Gasteiger partial charge in [0.25, 0.3) is 5.91 Å². The van der Waals surface area contributed by atoms with Crippen LogP contribution in [-0.4, -0.2) is 58.3 Å². The molecule has 0 aliphatic carbocycles. The fourth-order valence-electron chi connectivity index (χ4n) is 3.38. The molecule has 1 atom stereocenters. The van der Waals surface area contributed by atoms with Gasteiger partial charge in [0.1, 0.15) is 5.75 Å². The highest BCUT2D eigenvalue weighted by Gasteiger charge is 2.30. The molecule has 0 bridgehead atoms. The van der Waals surface area contributed by atoms with E-state index in [4.69, 9.17) is 4.74 Å². The lowest BCUT2D eigenvalue weighted by atomic mass is 10.1. The van der Waals surface area contributed by atoms with E-state index in [1.165, 1.54) is 38.4 Å². The highest BCUT2D eigenvalue weighted by atomic mass is 32.2. The van der Waals surface area contributed by atoms with E-state index in [0.29, 0.717) is 31.7 Å². The zero-order valence-electron chi connectivity index (χ0n) is 17.9. The van der Waals surface area contributed by atoms with Crippen LogP contribution in [0.1, 0.15) is 23.7 Å². The molecule has 8 nitrogen and oxygen atoms in total. The molecule has 1 fully saturated rings. The van der Waals surface area contributed by atoms with Gasteiger partial charge in [-0.15, -0.1) is 0 Å². The maximum absolute atomic E-state index is 12.4. The summed E-state index contributed by atoms with van der Waals surface area (Å²) >= 11 is 0. The van der Waals surface area contributed by atoms with Gasteiger partial charge in [-0.25, -0.2) is 12.7 Å². The van der Waals surface area contributed by atoms with Crippen molar-refractivity contribution in [1.29, 1.82) is 0 Å². The van der Waals surface area contributed by atoms with E-state index in [9.17, 15) is 18.0 Å². The van der Waals surface area contributed by atoms with Crippen LogP contribution in [0.4, 0.5) is 5.69 Å². The van der Waals surface area contributed by atoms with Gasteiger partial charge >= 0.3 is 0 Å². The van der Waals surface area contributed by atoms with E-state index in [-0.39, 0.29) is 22.6 Å². The van der Waals surface area contributed by atoms with Gasteiger partial charge in [-0.1, -0.05) is 0 Å². The number of amides is 2. The second-order valence-electron chi connectivity index (χ2n) is 7.52. The highest BCUT2D eigenvalue weighted by molar-refractivity contribution is 7.89. The van der Waals surface area contributed by atoms with Crippen molar-refractivity contribution >= 4 is 27.5 Å². The number of carbonyl (C=O) groups excluding carboxylic acids is 2. The SMILES string of the molecule is CCOc1ccc(N2CC(CNC(=O)c3ccc(S(=O)(=O)N(C)C)cc3)CC2=O)cc1. The molecule has 1 aliphatic rings. The molecule has 2 aromatic carbocycles. The van der Waals surface area contributed by atoms with Crippen molar-refractivity contribution in [2.75, 3.05) is 38.7 Å². The number of benzene rings is 2. The number of nitrogens with one attached hydrogen (secondary N) is 1. The van der Waals surface area contributed by atoms with Gasteiger partial charge in [-0.3, -0.25) is 9.59 Å². The molecule has 0 spiro atoms. The van der Waals surface area contributed by atoms with Crippen LogP contribution in [0.3, 0.4) is 0 Å². The van der Waals surface area contributed by atoms with Gasteiger partial charge in [0.15, 0.2) is 0 Å². The summed E-state index contributed by atoms with van der Waals surface area (Å²) in [5.41, 5.74) is 1.17. The fraction of sp³-hybridized carbons (Fsp3) is 0.364. The van der Waals surface area contributed by atoms with Crippen LogP contribution in [0.25, 0.3) is 0 Å². The minimum absolute atomic E-state index is 0.00332. The molecular formula is C22H27N3O5S. The van der Waals surface area contributed by atoms with E-state index in [1.807, 2.05) is 31.2 Å². The molecule has 0 aromatic heterocycles. The summed E-state index contributed by atoms with van der Waals surface area (Å²) in [5, 5.41) is 2.84. The Morgan fingerprint density at radius 1 is 1.13 bits per heavy atom. The maximum Gasteiger partial charge on any atom is 0.251 e. The summed E-state index contributed by atoms with van der Waals surface area (Å²) in [4.78, 5) is 26.7. The first-order valence-electron chi connectivity index (χ1n) is 10.1. The highest BCUT2D eigenvalue weighted by Crippen LogP contribution is 2.26. The zero-order chi connectivity index (χ0) is 22.6. The number of hydrogen-bond acceptors (Lipinski definition) is 5. The van der Waals surface area contributed by atoms with E-state index >= 15 is 0 Å². The van der Waals surface area contributed by atoms with Gasteiger partial charge < -0.3 is 15.0 Å². The number of anilines is 1. The molecule has 166 valence electrons. The lowest BCUT2D eigenvalue weighted by Crippen LogP contribution is -2.31. The lowest BCUT2D eigenvalue weighted by molar-refractivity contribution is -0.117. The molecule has 1 aliphatic heterocycles. The van der Waals surface area contributed by atoms with Crippen molar-refractivity contribution < 1.29 is 22.7 Å². The van der Waals surface area contributed by atoms with Gasteiger partial charge in [-0.2, -0.15) is 0 Å². The topological polar surface area (TPSA) is 96.0 Å². The molecule has 3 rings (SSSR count). The Labute approximate surface area is 182 Å². The summed E-state index contributed by atoms with van der Waals surface area (Å²) in [6.45, 7) is 3.37. The Bertz CT molecular complexity index is 1030. The second-order valence-corrected chi connectivity index (χ2v) is 9.68. The fourth-order valence-corrected chi connectivity index (χ4v) is 4.29. The third kappa shape index (κ3) is 5.23. The predicted octanol–water partition coefficient (Wildman–Crippen LogP) is 2.12. The van der Waals surface area contributed by atoms with Gasteiger partial charge in [0, 0.05) is 50.8 Å². The van der Waals surface area contributed by atoms with Crippen LogP contribution >= 0.6 is 0 Å². The molecule has 1 heterocycles. The Hall–Kier alpha value is -2.91. The second kappa shape index (κ2) is 9.49. The minimum atomic E-state index is -3.54. The van der Waals surface area contributed by atoms with Crippen molar-refractivity contribution in [3.8, 4) is 5.75 Å². The minimum Gasteiger partial charge on any atom is -0.494 e. The number of rotatable bonds is 8. The average Bonchev–Trinajstić information content (AvgIpc) is 3.13. The summed E-state index contributed by atoms with van der Waals surface area (Å²) in [6.07, 6.45) is 0.355. The van der Waals surface area contributed by atoms with Gasteiger partial charge in [0.2, 0.25) is 15.9 Å². The van der Waals surface area contributed by atoms with Crippen LogP contribution in [0, 0.1) is 5.92 Å². The number of sulfonamides is 1. The van der Waals surface area contributed by atoms with Gasteiger partial charge in [-0.05, 0) is 55.5 Å². The molecule has 1 N–H and O–H groups in total. The lowest BCUT2D eigenvalue weighted by Gasteiger charge is -2.17. The van der Waals surface area contributed by atoms with E-state index in [1.54, 1.807) is 4.90 Å². The molecule has 9 heteroatoms. The third-order valence-electron chi connectivity index (χ3n) is 5.11. The smallest absolute Gasteiger partial charge is 0.251 e. The standard InChI is InChI=1S/C22H27N3O5S/c1-4-30-19-9-7-18(8-10-19)25-15-16(13-21(25)26)14-23-22(27)17-5-11-20(12-6-17)31(28,29)24(2)3/h5-12,16H,4,13-15H2,1-3H3,(H,23,27). The van der Waals surface area contributed by atoms with Crippen molar-refractivity contribution in [3.63, 3.8) is 0 Å². The normalized spacial score (nSPS) is 16.6. The number of ether oxygens (including phenoxy) is 1. The number of hydrogen-bond donors (Lipinski definition) is 1. The van der Waals surface area contributed by atoms with E-state index in [0.717, 1.165) is 15.7 Å². The van der Waals surface area contributed by atoms with Crippen LogP contribution in [0.5, 0.6) is 5.75 Å². The van der Waals surface area contributed by atoms with Crippen LogP contribution in [-0.2, 0) is 14.8 Å². The van der Waals surface area contributed by atoms with Crippen LogP contribution in [0.2, 0.25) is 0 Å². The van der Waals surface area contributed by atoms with Crippen LogP contribution in [0.15, 0.2) is 53.4 Å². The first-order valence-corrected chi connectivity index (χ1v) is 11.5. The summed E-state index contributed by atoms with van der Waals surface area (Å²) in [6, 6.07) is 13.2. The van der Waals surface area contributed by atoms with E-state index < -0.39 is 10.0 Å². The Balaban J connectivity index is 1.56. The van der Waals surface area contributed by atoms with Crippen molar-refractivity contribution in [2.24, 2.45) is 5.92 Å². The van der Waals surface area contributed by atoms with Crippen molar-refractivity contribution in [3.05, 3.63) is 54.1 Å². The zero-order valence-corrected chi connectivity index (χ0v) is 18.7. The summed E-state index contributed by atoms with van der Waals surface area (Å²) in [7, 11) is -0.631. The van der Waals surface area contributed by atoms with Crippen LogP contribution < -0.4 is 15.0 Å². The molecule has 0 saturated carbocycles. The monoisotopic (exact) mass is 445 g/mol. The van der Waals surface area contributed by atoms with E-state index in [2.05, 4.69) is 5.32 Å². The first-order chi connectivity index (χ1) is 14.7. The average molecular weight is 446 g/mol. The molecule has 2 amide bonds. The third-order valence-corrected chi connectivity index (χ3v) is 6.94. The largest absolute Gasteiger partial charge is 0.494 e. The van der Waals surface area contributed by atoms with Crippen molar-refractivity contribution in [1.82, 2.24) is 9.62 Å². The van der Waals surface area contributed by atoms with Gasteiger partial charge in [0.05, 0.1) is 11.5 Å².